The molecule has 1 unspecified atom stereocenters. The molecule has 0 spiro atoms. The van der Waals surface area contributed by atoms with E-state index in [1.54, 1.807) is 0 Å². The van der Waals surface area contributed by atoms with Crippen LogP contribution < -0.4 is 5.73 Å². The van der Waals surface area contributed by atoms with Crippen molar-refractivity contribution in [2.24, 2.45) is 5.73 Å². The third-order valence-corrected chi connectivity index (χ3v) is 3.90. The lowest BCUT2D eigenvalue weighted by atomic mass is 10.0. The van der Waals surface area contributed by atoms with Crippen LogP contribution in [0.3, 0.4) is 0 Å². The van der Waals surface area contributed by atoms with E-state index in [-0.39, 0.29) is 5.82 Å². The number of likely N-dealkylation sites (tertiary alicyclic amines) is 1. The van der Waals surface area contributed by atoms with Crippen molar-refractivity contribution < 1.29 is 4.39 Å². The predicted octanol–water partition coefficient (Wildman–Crippen LogP) is 2.90. The third-order valence-electron chi connectivity index (χ3n) is 3.41. The molecule has 2 nitrogen and oxygen atoms in total. The lowest BCUT2D eigenvalue weighted by Gasteiger charge is -2.35. The molecule has 1 aromatic carbocycles. The van der Waals surface area contributed by atoms with Gasteiger partial charge in [0.2, 0.25) is 0 Å². The molecule has 17 heavy (non-hydrogen) atoms. The maximum absolute atomic E-state index is 13.7. The second-order valence-electron chi connectivity index (χ2n) is 4.59. The van der Waals surface area contributed by atoms with Crippen LogP contribution in [0, 0.1) is 5.82 Å². The minimum Gasteiger partial charge on any atom is -0.329 e. The lowest BCUT2D eigenvalue weighted by molar-refractivity contribution is 0.143. The van der Waals surface area contributed by atoms with Gasteiger partial charge in [-0.25, -0.2) is 4.39 Å². The van der Waals surface area contributed by atoms with Gasteiger partial charge in [-0.15, -0.1) is 0 Å². The number of halogens is 2. The molecule has 1 fully saturated rings. The van der Waals surface area contributed by atoms with Crippen molar-refractivity contribution in [1.29, 1.82) is 0 Å². The molecule has 2 rings (SSSR count). The standard InChI is InChI=1S/C13H18BrFN2/c14-11-5-4-10(13(15)7-11)9-17-6-2-1-3-12(17)8-16/h4-5,7,12H,1-3,6,8-9,16H2. The number of hydrogen-bond acceptors (Lipinski definition) is 2. The first-order valence-electron chi connectivity index (χ1n) is 6.08. The summed E-state index contributed by atoms with van der Waals surface area (Å²) in [5.74, 6) is -0.138. The summed E-state index contributed by atoms with van der Waals surface area (Å²) in [5, 5.41) is 0. The van der Waals surface area contributed by atoms with E-state index in [0.29, 0.717) is 19.1 Å². The Bertz CT molecular complexity index is 384. The zero-order chi connectivity index (χ0) is 12.3. The van der Waals surface area contributed by atoms with Crippen LogP contribution in [0.1, 0.15) is 24.8 Å². The highest BCUT2D eigenvalue weighted by atomic mass is 79.9. The maximum atomic E-state index is 13.7. The molecule has 94 valence electrons. The van der Waals surface area contributed by atoms with Gasteiger partial charge >= 0.3 is 0 Å². The van der Waals surface area contributed by atoms with E-state index >= 15 is 0 Å². The molecule has 0 aromatic heterocycles. The Morgan fingerprint density at radius 2 is 2.24 bits per heavy atom. The minimum absolute atomic E-state index is 0.138. The number of nitrogens with zero attached hydrogens (tertiary/aromatic N) is 1. The summed E-state index contributed by atoms with van der Waals surface area (Å²) in [7, 11) is 0. The number of piperidine rings is 1. The van der Waals surface area contributed by atoms with Crippen LogP contribution in [-0.2, 0) is 6.54 Å². The topological polar surface area (TPSA) is 29.3 Å². The van der Waals surface area contributed by atoms with Crippen LogP contribution >= 0.6 is 15.9 Å². The Balaban J connectivity index is 2.08. The summed E-state index contributed by atoms with van der Waals surface area (Å²) >= 11 is 3.27. The molecule has 0 aliphatic carbocycles. The fourth-order valence-corrected chi connectivity index (χ4v) is 2.74. The van der Waals surface area contributed by atoms with Crippen molar-refractivity contribution in [3.05, 3.63) is 34.1 Å². The van der Waals surface area contributed by atoms with E-state index in [2.05, 4.69) is 20.8 Å². The quantitative estimate of drug-likeness (QED) is 0.930. The average molecular weight is 301 g/mol. The van der Waals surface area contributed by atoms with E-state index in [1.807, 2.05) is 12.1 Å². The monoisotopic (exact) mass is 300 g/mol. The summed E-state index contributed by atoms with van der Waals surface area (Å²) < 4.78 is 14.5. The fraction of sp³-hybridized carbons (Fsp3) is 0.538. The largest absolute Gasteiger partial charge is 0.329 e. The second-order valence-corrected chi connectivity index (χ2v) is 5.51. The molecular weight excluding hydrogens is 283 g/mol. The first-order chi connectivity index (χ1) is 8.20. The number of rotatable bonds is 3. The SMILES string of the molecule is NCC1CCCCN1Cc1ccc(Br)cc1F. The zero-order valence-corrected chi connectivity index (χ0v) is 11.4. The van der Waals surface area contributed by atoms with E-state index in [1.165, 1.54) is 18.9 Å². The highest BCUT2D eigenvalue weighted by molar-refractivity contribution is 9.10. The molecule has 4 heteroatoms. The Hall–Kier alpha value is -0.450. The molecule has 1 aliphatic rings. The Morgan fingerprint density at radius 1 is 1.41 bits per heavy atom. The molecule has 0 amide bonds. The highest BCUT2D eigenvalue weighted by Crippen LogP contribution is 2.21. The van der Waals surface area contributed by atoms with Crippen LogP contribution in [0.15, 0.2) is 22.7 Å². The Morgan fingerprint density at radius 3 is 2.94 bits per heavy atom. The van der Waals surface area contributed by atoms with Crippen LogP contribution in [-0.4, -0.2) is 24.0 Å². The smallest absolute Gasteiger partial charge is 0.128 e. The molecule has 1 saturated heterocycles. The molecule has 1 aromatic rings. The normalized spacial score (nSPS) is 21.7. The maximum Gasteiger partial charge on any atom is 0.128 e. The van der Waals surface area contributed by atoms with Crippen LogP contribution in [0.5, 0.6) is 0 Å². The van der Waals surface area contributed by atoms with Gasteiger partial charge in [0, 0.05) is 29.2 Å². The van der Waals surface area contributed by atoms with Crippen molar-refractivity contribution >= 4 is 15.9 Å². The van der Waals surface area contributed by atoms with E-state index in [9.17, 15) is 4.39 Å². The number of nitrogens with two attached hydrogens (primary N) is 1. The molecule has 1 atom stereocenters. The van der Waals surface area contributed by atoms with Crippen molar-refractivity contribution in [3.8, 4) is 0 Å². The highest BCUT2D eigenvalue weighted by Gasteiger charge is 2.21. The first-order valence-corrected chi connectivity index (χ1v) is 6.88. The first kappa shape index (κ1) is 13.0. The van der Waals surface area contributed by atoms with Gasteiger partial charge in [-0.2, -0.15) is 0 Å². The molecule has 0 bridgehead atoms. The summed E-state index contributed by atoms with van der Waals surface area (Å²) in [5.41, 5.74) is 6.52. The van der Waals surface area contributed by atoms with Gasteiger partial charge in [0.1, 0.15) is 5.82 Å². The van der Waals surface area contributed by atoms with E-state index < -0.39 is 0 Å². The van der Waals surface area contributed by atoms with Gasteiger partial charge < -0.3 is 5.73 Å². The van der Waals surface area contributed by atoms with Crippen molar-refractivity contribution in [2.75, 3.05) is 13.1 Å². The van der Waals surface area contributed by atoms with Gasteiger partial charge in [0.15, 0.2) is 0 Å². The number of benzene rings is 1. The van der Waals surface area contributed by atoms with Gasteiger partial charge in [-0.1, -0.05) is 28.4 Å². The Labute approximate surface area is 110 Å². The fourth-order valence-electron chi connectivity index (χ4n) is 2.40. The van der Waals surface area contributed by atoms with Crippen LogP contribution in [0.2, 0.25) is 0 Å². The van der Waals surface area contributed by atoms with Gasteiger partial charge in [-0.3, -0.25) is 4.90 Å². The average Bonchev–Trinajstić information content (AvgIpc) is 2.33. The summed E-state index contributed by atoms with van der Waals surface area (Å²) in [6.45, 7) is 2.36. The molecule has 1 aliphatic heterocycles. The molecule has 2 N–H and O–H groups in total. The molecule has 1 heterocycles. The summed E-state index contributed by atoms with van der Waals surface area (Å²) in [4.78, 5) is 2.30. The summed E-state index contributed by atoms with van der Waals surface area (Å²) in [6.07, 6.45) is 3.56. The van der Waals surface area contributed by atoms with Crippen molar-refractivity contribution in [3.63, 3.8) is 0 Å². The van der Waals surface area contributed by atoms with E-state index in [4.69, 9.17) is 5.73 Å². The number of hydrogen-bond donors (Lipinski definition) is 1. The van der Waals surface area contributed by atoms with E-state index in [0.717, 1.165) is 23.0 Å². The van der Waals surface area contributed by atoms with Crippen molar-refractivity contribution in [2.45, 2.75) is 31.8 Å². The van der Waals surface area contributed by atoms with Crippen LogP contribution in [0.4, 0.5) is 4.39 Å². The van der Waals surface area contributed by atoms with Gasteiger partial charge in [0.25, 0.3) is 0 Å². The van der Waals surface area contributed by atoms with Gasteiger partial charge in [0.05, 0.1) is 0 Å². The molecule has 0 saturated carbocycles. The zero-order valence-electron chi connectivity index (χ0n) is 9.83. The Kier molecular flexibility index (Phi) is 4.54. The minimum atomic E-state index is -0.138. The predicted molar refractivity (Wildman–Crippen MR) is 71.2 cm³/mol. The second kappa shape index (κ2) is 5.94. The third kappa shape index (κ3) is 3.27. The molecular formula is C13H18BrFN2. The summed E-state index contributed by atoms with van der Waals surface area (Å²) in [6, 6.07) is 5.67. The van der Waals surface area contributed by atoms with Gasteiger partial charge in [-0.05, 0) is 31.5 Å². The van der Waals surface area contributed by atoms with Crippen LogP contribution in [0.25, 0.3) is 0 Å². The molecule has 0 radical (unpaired) electrons. The van der Waals surface area contributed by atoms with Crippen molar-refractivity contribution in [1.82, 2.24) is 4.90 Å². The lowest BCUT2D eigenvalue weighted by Crippen LogP contribution is -2.43.